The third-order valence-corrected chi connectivity index (χ3v) is 5.70. The summed E-state index contributed by atoms with van der Waals surface area (Å²) in [5.74, 6) is 1.04. The van der Waals surface area contributed by atoms with Gasteiger partial charge in [-0.1, -0.05) is 44.1 Å². The minimum absolute atomic E-state index is 0.253. The fourth-order valence-corrected chi connectivity index (χ4v) is 3.85. The van der Waals surface area contributed by atoms with E-state index in [2.05, 4.69) is 11.6 Å². The Balaban J connectivity index is 2.04. The Labute approximate surface area is 125 Å². The van der Waals surface area contributed by atoms with Crippen LogP contribution in [0.3, 0.4) is 0 Å². The molecule has 0 radical (unpaired) electrons. The maximum atomic E-state index is 12.2. The van der Waals surface area contributed by atoms with E-state index < -0.39 is 10.0 Å². The molecule has 0 aromatic heterocycles. The number of rotatable bonds is 5. The van der Waals surface area contributed by atoms with E-state index in [0.29, 0.717) is 23.9 Å². The Hall–Kier alpha value is -0.980. The average Bonchev–Trinajstić information content (AvgIpc) is 2.82. The van der Waals surface area contributed by atoms with Crippen LogP contribution in [0, 0.1) is 11.8 Å². The molecule has 1 aliphatic carbocycles. The zero-order valence-corrected chi connectivity index (χ0v) is 13.1. The van der Waals surface area contributed by atoms with Crippen LogP contribution in [0.25, 0.3) is 0 Å². The van der Waals surface area contributed by atoms with E-state index >= 15 is 0 Å². The molecule has 0 bridgehead atoms. The number of thiocarbonyl (C=S) groups is 1. The summed E-state index contributed by atoms with van der Waals surface area (Å²) in [7, 11) is -3.45. The molecule has 0 amide bonds. The predicted octanol–water partition coefficient (Wildman–Crippen LogP) is 2.04. The minimum Gasteiger partial charge on any atom is -0.389 e. The SMILES string of the molecule is CC1CCCC1CNS(=O)(=O)c1ccc(C(N)=S)cc1. The van der Waals surface area contributed by atoms with Gasteiger partial charge in [0.15, 0.2) is 0 Å². The molecular formula is C14H20N2O2S2. The van der Waals surface area contributed by atoms with Gasteiger partial charge in [0.2, 0.25) is 10.0 Å². The highest BCUT2D eigenvalue weighted by molar-refractivity contribution is 7.89. The van der Waals surface area contributed by atoms with Crippen LogP contribution in [0.5, 0.6) is 0 Å². The summed E-state index contributed by atoms with van der Waals surface area (Å²) in [6.07, 6.45) is 3.48. The molecule has 4 nitrogen and oxygen atoms in total. The second kappa shape index (κ2) is 6.20. The van der Waals surface area contributed by atoms with Gasteiger partial charge in [-0.15, -0.1) is 0 Å². The molecule has 0 heterocycles. The Morgan fingerprint density at radius 2 is 2.00 bits per heavy atom. The lowest BCUT2D eigenvalue weighted by Gasteiger charge is -2.16. The normalized spacial score (nSPS) is 22.9. The largest absolute Gasteiger partial charge is 0.389 e. The second-order valence-electron chi connectivity index (χ2n) is 5.41. The molecule has 1 aromatic rings. The third-order valence-electron chi connectivity index (χ3n) is 4.02. The fraction of sp³-hybridized carbons (Fsp3) is 0.500. The lowest BCUT2D eigenvalue weighted by molar-refractivity contribution is 0.414. The summed E-state index contributed by atoms with van der Waals surface area (Å²) in [6, 6.07) is 6.34. The zero-order chi connectivity index (χ0) is 14.8. The standard InChI is InChI=1S/C14H20N2O2S2/c1-10-3-2-4-12(10)9-16-20(17,18)13-7-5-11(6-8-13)14(15)19/h5-8,10,12,16H,2-4,9H2,1H3,(H2,15,19). The Bertz CT molecular complexity index is 582. The van der Waals surface area contributed by atoms with Gasteiger partial charge in [-0.05, 0) is 30.4 Å². The van der Waals surface area contributed by atoms with Crippen LogP contribution in [0.2, 0.25) is 0 Å². The third kappa shape index (κ3) is 3.56. The van der Waals surface area contributed by atoms with Crippen LogP contribution < -0.4 is 10.5 Å². The molecule has 110 valence electrons. The topological polar surface area (TPSA) is 72.2 Å². The molecule has 2 unspecified atom stereocenters. The van der Waals surface area contributed by atoms with Gasteiger partial charge < -0.3 is 5.73 Å². The molecule has 1 fully saturated rings. The van der Waals surface area contributed by atoms with Gasteiger partial charge in [-0.3, -0.25) is 0 Å². The van der Waals surface area contributed by atoms with Gasteiger partial charge in [0, 0.05) is 12.1 Å². The maximum Gasteiger partial charge on any atom is 0.240 e. The van der Waals surface area contributed by atoms with E-state index in [4.69, 9.17) is 18.0 Å². The van der Waals surface area contributed by atoms with Crippen molar-refractivity contribution in [2.45, 2.75) is 31.1 Å². The van der Waals surface area contributed by atoms with Crippen molar-refractivity contribution in [1.82, 2.24) is 4.72 Å². The first-order chi connectivity index (χ1) is 9.40. The predicted molar refractivity (Wildman–Crippen MR) is 84.0 cm³/mol. The average molecular weight is 312 g/mol. The van der Waals surface area contributed by atoms with Gasteiger partial charge >= 0.3 is 0 Å². The molecule has 2 rings (SSSR count). The quantitative estimate of drug-likeness (QED) is 0.816. The lowest BCUT2D eigenvalue weighted by Crippen LogP contribution is -2.30. The van der Waals surface area contributed by atoms with Crippen molar-refractivity contribution >= 4 is 27.2 Å². The molecule has 0 aliphatic heterocycles. The monoisotopic (exact) mass is 312 g/mol. The van der Waals surface area contributed by atoms with Crippen LogP contribution in [-0.4, -0.2) is 20.0 Å². The van der Waals surface area contributed by atoms with E-state index in [1.54, 1.807) is 12.1 Å². The lowest BCUT2D eigenvalue weighted by atomic mass is 9.99. The number of sulfonamides is 1. The van der Waals surface area contributed by atoms with E-state index in [-0.39, 0.29) is 9.88 Å². The molecule has 1 aliphatic rings. The maximum absolute atomic E-state index is 12.2. The number of benzene rings is 1. The zero-order valence-electron chi connectivity index (χ0n) is 11.5. The first kappa shape index (κ1) is 15.4. The van der Waals surface area contributed by atoms with E-state index in [9.17, 15) is 8.42 Å². The van der Waals surface area contributed by atoms with Crippen molar-refractivity contribution in [2.75, 3.05) is 6.54 Å². The van der Waals surface area contributed by atoms with Crippen molar-refractivity contribution in [2.24, 2.45) is 17.6 Å². The molecule has 6 heteroatoms. The van der Waals surface area contributed by atoms with Gasteiger partial charge in [0.05, 0.1) is 4.90 Å². The van der Waals surface area contributed by atoms with Crippen LogP contribution >= 0.6 is 12.2 Å². The van der Waals surface area contributed by atoms with Crippen molar-refractivity contribution in [3.63, 3.8) is 0 Å². The molecule has 2 atom stereocenters. The number of hydrogen-bond acceptors (Lipinski definition) is 3. The summed E-state index contributed by atoms with van der Waals surface area (Å²) in [6.45, 7) is 2.70. The first-order valence-corrected chi connectivity index (χ1v) is 8.69. The molecule has 0 spiro atoms. The number of nitrogens with one attached hydrogen (secondary N) is 1. The van der Waals surface area contributed by atoms with Crippen molar-refractivity contribution in [3.05, 3.63) is 29.8 Å². The summed E-state index contributed by atoms with van der Waals surface area (Å²) < 4.78 is 27.1. The number of hydrogen-bond donors (Lipinski definition) is 2. The smallest absolute Gasteiger partial charge is 0.240 e. The Morgan fingerprint density at radius 3 is 2.50 bits per heavy atom. The summed E-state index contributed by atoms with van der Waals surface area (Å²) >= 11 is 4.85. The highest BCUT2D eigenvalue weighted by Crippen LogP contribution is 2.30. The van der Waals surface area contributed by atoms with Crippen LogP contribution in [0.4, 0.5) is 0 Å². The molecule has 1 saturated carbocycles. The Morgan fingerprint density at radius 1 is 1.35 bits per heavy atom. The van der Waals surface area contributed by atoms with Crippen molar-refractivity contribution < 1.29 is 8.42 Å². The van der Waals surface area contributed by atoms with E-state index in [1.165, 1.54) is 25.0 Å². The summed E-state index contributed by atoms with van der Waals surface area (Å²) in [5.41, 5.74) is 6.17. The van der Waals surface area contributed by atoms with Crippen LogP contribution in [0.15, 0.2) is 29.2 Å². The molecule has 0 saturated heterocycles. The van der Waals surface area contributed by atoms with Crippen LogP contribution in [-0.2, 0) is 10.0 Å². The molecule has 20 heavy (non-hydrogen) atoms. The second-order valence-corrected chi connectivity index (χ2v) is 7.62. The van der Waals surface area contributed by atoms with Crippen molar-refractivity contribution in [3.8, 4) is 0 Å². The summed E-state index contributed by atoms with van der Waals surface area (Å²) in [5, 5.41) is 0. The molecule has 1 aromatic carbocycles. The molecular weight excluding hydrogens is 292 g/mol. The fourth-order valence-electron chi connectivity index (χ4n) is 2.62. The van der Waals surface area contributed by atoms with E-state index in [0.717, 1.165) is 6.42 Å². The minimum atomic E-state index is -3.45. The van der Waals surface area contributed by atoms with E-state index in [1.807, 2.05) is 0 Å². The van der Waals surface area contributed by atoms with Crippen molar-refractivity contribution in [1.29, 1.82) is 0 Å². The van der Waals surface area contributed by atoms with Crippen LogP contribution in [0.1, 0.15) is 31.7 Å². The first-order valence-electron chi connectivity index (χ1n) is 6.79. The number of nitrogens with two attached hydrogens (primary N) is 1. The van der Waals surface area contributed by atoms with Gasteiger partial charge in [0.25, 0.3) is 0 Å². The Kier molecular flexibility index (Phi) is 4.78. The summed E-state index contributed by atoms with van der Waals surface area (Å²) in [4.78, 5) is 0.518. The molecule has 3 N–H and O–H groups in total. The van der Waals surface area contributed by atoms with Gasteiger partial charge in [0.1, 0.15) is 4.99 Å². The highest BCUT2D eigenvalue weighted by atomic mass is 32.2. The highest BCUT2D eigenvalue weighted by Gasteiger charge is 2.25. The van der Waals surface area contributed by atoms with Gasteiger partial charge in [-0.2, -0.15) is 0 Å². The van der Waals surface area contributed by atoms with Gasteiger partial charge in [-0.25, -0.2) is 13.1 Å².